The fourth-order valence-electron chi connectivity index (χ4n) is 3.33. The number of likely N-dealkylation sites (tertiary alicyclic amines) is 1. The molecule has 1 amide bonds. The van der Waals surface area contributed by atoms with Gasteiger partial charge in [0.25, 0.3) is 0 Å². The summed E-state index contributed by atoms with van der Waals surface area (Å²) in [6.45, 7) is 3.28. The van der Waals surface area contributed by atoms with Crippen LogP contribution in [0.1, 0.15) is 36.8 Å². The summed E-state index contributed by atoms with van der Waals surface area (Å²) in [5.41, 5.74) is 2.05. The van der Waals surface area contributed by atoms with Crippen molar-refractivity contribution in [3.05, 3.63) is 35.4 Å². The number of carbonyl (C=O) groups excluding carboxylic acids is 1. The highest BCUT2D eigenvalue weighted by Crippen LogP contribution is 2.45. The molecule has 19 heavy (non-hydrogen) atoms. The van der Waals surface area contributed by atoms with Crippen molar-refractivity contribution in [1.29, 1.82) is 0 Å². The number of rotatable bonds is 2. The topological polar surface area (TPSA) is 40.5 Å². The van der Waals surface area contributed by atoms with Crippen molar-refractivity contribution < 1.29 is 9.90 Å². The number of aryl methyl sites for hydroxylation is 1. The Bertz CT molecular complexity index is 493. The van der Waals surface area contributed by atoms with Crippen LogP contribution in [0.15, 0.2) is 24.3 Å². The molecule has 1 aliphatic heterocycles. The van der Waals surface area contributed by atoms with Crippen LogP contribution in [0.4, 0.5) is 0 Å². The molecule has 0 aromatic heterocycles. The molecule has 1 N–H and O–H groups in total. The largest absolute Gasteiger partial charge is 0.391 e. The zero-order valence-corrected chi connectivity index (χ0v) is 11.4. The molecule has 3 heteroatoms. The first kappa shape index (κ1) is 12.7. The lowest BCUT2D eigenvalue weighted by Gasteiger charge is -2.43. The van der Waals surface area contributed by atoms with Crippen molar-refractivity contribution in [3.63, 3.8) is 0 Å². The van der Waals surface area contributed by atoms with Gasteiger partial charge in [0.15, 0.2) is 0 Å². The van der Waals surface area contributed by atoms with Gasteiger partial charge >= 0.3 is 0 Å². The van der Waals surface area contributed by atoms with E-state index in [1.165, 1.54) is 5.56 Å². The van der Waals surface area contributed by atoms with E-state index < -0.39 is 0 Å². The number of aliphatic hydroxyl groups is 1. The first-order chi connectivity index (χ1) is 9.12. The maximum Gasteiger partial charge on any atom is 0.233 e. The van der Waals surface area contributed by atoms with Gasteiger partial charge < -0.3 is 10.0 Å². The average molecular weight is 259 g/mol. The van der Waals surface area contributed by atoms with E-state index in [0.29, 0.717) is 13.1 Å². The third kappa shape index (κ3) is 2.06. The van der Waals surface area contributed by atoms with Crippen LogP contribution in [0.25, 0.3) is 0 Å². The molecule has 0 bridgehead atoms. The van der Waals surface area contributed by atoms with E-state index in [9.17, 15) is 9.90 Å². The zero-order chi connectivity index (χ0) is 13.5. The second kappa shape index (κ2) is 4.64. The van der Waals surface area contributed by atoms with Gasteiger partial charge in [-0.3, -0.25) is 4.79 Å². The van der Waals surface area contributed by atoms with Crippen LogP contribution < -0.4 is 0 Å². The zero-order valence-electron chi connectivity index (χ0n) is 11.4. The number of benzene rings is 1. The van der Waals surface area contributed by atoms with Gasteiger partial charge in [0.1, 0.15) is 0 Å². The number of nitrogens with zero attached hydrogens (tertiary/aromatic N) is 1. The average Bonchev–Trinajstić information content (AvgIpc) is 2.74. The number of aliphatic hydroxyl groups excluding tert-OH is 1. The molecule has 1 aromatic carbocycles. The number of amides is 1. The van der Waals surface area contributed by atoms with Crippen LogP contribution in [0.2, 0.25) is 0 Å². The molecule has 0 spiro atoms. The Labute approximate surface area is 114 Å². The fourth-order valence-corrected chi connectivity index (χ4v) is 3.33. The predicted molar refractivity (Wildman–Crippen MR) is 73.9 cm³/mol. The maximum atomic E-state index is 12.8. The predicted octanol–water partition coefficient (Wildman–Crippen LogP) is 2.01. The third-order valence-electron chi connectivity index (χ3n) is 4.64. The van der Waals surface area contributed by atoms with Crippen LogP contribution in [-0.2, 0) is 10.2 Å². The normalized spacial score (nSPS) is 25.2. The van der Waals surface area contributed by atoms with E-state index in [0.717, 1.165) is 31.2 Å². The van der Waals surface area contributed by atoms with Crippen LogP contribution in [0, 0.1) is 6.92 Å². The Kier molecular flexibility index (Phi) is 3.09. The molecule has 0 radical (unpaired) electrons. The second-order valence-corrected chi connectivity index (χ2v) is 6.00. The molecule has 1 aromatic rings. The van der Waals surface area contributed by atoms with E-state index in [1.54, 1.807) is 0 Å². The van der Waals surface area contributed by atoms with Gasteiger partial charge in [-0.25, -0.2) is 0 Å². The van der Waals surface area contributed by atoms with Crippen molar-refractivity contribution in [2.24, 2.45) is 0 Å². The highest BCUT2D eigenvalue weighted by molar-refractivity contribution is 5.89. The fraction of sp³-hybridized carbons (Fsp3) is 0.562. The molecule has 0 unspecified atom stereocenters. The molecule has 3 rings (SSSR count). The minimum atomic E-state index is -0.335. The first-order valence-corrected chi connectivity index (χ1v) is 7.16. The molecule has 1 heterocycles. The summed E-state index contributed by atoms with van der Waals surface area (Å²) >= 11 is 0. The standard InChI is InChI=1S/C16H21NO2/c1-12-4-2-5-13(10-12)16(7-3-8-16)15(19)17-9-6-14(18)11-17/h2,4-5,10,14,18H,3,6-9,11H2,1H3/t14-/m1/s1. The van der Waals surface area contributed by atoms with Crippen molar-refractivity contribution in [1.82, 2.24) is 4.90 Å². The van der Waals surface area contributed by atoms with E-state index >= 15 is 0 Å². The Morgan fingerprint density at radius 1 is 1.42 bits per heavy atom. The summed E-state index contributed by atoms with van der Waals surface area (Å²) < 4.78 is 0. The smallest absolute Gasteiger partial charge is 0.233 e. The third-order valence-corrected chi connectivity index (χ3v) is 4.64. The monoisotopic (exact) mass is 259 g/mol. The van der Waals surface area contributed by atoms with Crippen LogP contribution in [0.3, 0.4) is 0 Å². The number of hydrogen-bond donors (Lipinski definition) is 1. The summed E-state index contributed by atoms with van der Waals surface area (Å²) in [5, 5.41) is 9.63. The Balaban J connectivity index is 1.89. The van der Waals surface area contributed by atoms with E-state index in [4.69, 9.17) is 0 Å². The molecule has 1 atom stereocenters. The van der Waals surface area contributed by atoms with Gasteiger partial charge in [-0.05, 0) is 31.7 Å². The highest BCUT2D eigenvalue weighted by atomic mass is 16.3. The first-order valence-electron chi connectivity index (χ1n) is 7.16. The maximum absolute atomic E-state index is 12.8. The van der Waals surface area contributed by atoms with E-state index in [1.807, 2.05) is 11.0 Å². The summed E-state index contributed by atoms with van der Waals surface area (Å²) in [4.78, 5) is 14.7. The molecule has 3 nitrogen and oxygen atoms in total. The van der Waals surface area contributed by atoms with Gasteiger partial charge in [-0.1, -0.05) is 36.2 Å². The van der Waals surface area contributed by atoms with Crippen LogP contribution >= 0.6 is 0 Å². The molecule has 1 aliphatic carbocycles. The summed E-state index contributed by atoms with van der Waals surface area (Å²) in [5.74, 6) is 0.223. The Morgan fingerprint density at radius 3 is 2.74 bits per heavy atom. The lowest BCUT2D eigenvalue weighted by molar-refractivity contribution is -0.140. The van der Waals surface area contributed by atoms with Gasteiger partial charge in [-0.15, -0.1) is 0 Å². The minimum absolute atomic E-state index is 0.223. The second-order valence-electron chi connectivity index (χ2n) is 6.00. The van der Waals surface area contributed by atoms with Gasteiger partial charge in [0.2, 0.25) is 5.91 Å². The Morgan fingerprint density at radius 2 is 2.21 bits per heavy atom. The quantitative estimate of drug-likeness (QED) is 0.882. The molecule has 2 aliphatic rings. The highest BCUT2D eigenvalue weighted by Gasteiger charge is 2.48. The van der Waals surface area contributed by atoms with Crippen molar-refractivity contribution in [2.45, 2.75) is 44.1 Å². The van der Waals surface area contributed by atoms with Crippen LogP contribution in [0.5, 0.6) is 0 Å². The molecular weight excluding hydrogens is 238 g/mol. The summed E-state index contributed by atoms with van der Waals surface area (Å²) in [6.07, 6.45) is 3.40. The lowest BCUT2D eigenvalue weighted by atomic mass is 9.63. The van der Waals surface area contributed by atoms with Crippen molar-refractivity contribution in [3.8, 4) is 0 Å². The molecule has 1 saturated heterocycles. The number of carbonyl (C=O) groups is 1. The SMILES string of the molecule is Cc1cccc(C2(C(=O)N3CC[C@@H](O)C3)CCC2)c1. The van der Waals surface area contributed by atoms with Gasteiger partial charge in [-0.2, -0.15) is 0 Å². The number of hydrogen-bond acceptors (Lipinski definition) is 2. The van der Waals surface area contributed by atoms with Crippen molar-refractivity contribution in [2.75, 3.05) is 13.1 Å². The molecule has 2 fully saturated rings. The van der Waals surface area contributed by atoms with Crippen molar-refractivity contribution >= 4 is 5.91 Å². The summed E-state index contributed by atoms with van der Waals surface area (Å²) in [6, 6.07) is 8.33. The van der Waals surface area contributed by atoms with E-state index in [-0.39, 0.29) is 17.4 Å². The summed E-state index contributed by atoms with van der Waals surface area (Å²) in [7, 11) is 0. The van der Waals surface area contributed by atoms with Crippen LogP contribution in [-0.4, -0.2) is 35.1 Å². The van der Waals surface area contributed by atoms with Gasteiger partial charge in [0, 0.05) is 13.1 Å². The minimum Gasteiger partial charge on any atom is -0.391 e. The van der Waals surface area contributed by atoms with E-state index in [2.05, 4.69) is 25.1 Å². The Hall–Kier alpha value is -1.35. The van der Waals surface area contributed by atoms with Gasteiger partial charge in [0.05, 0.1) is 11.5 Å². The molecule has 1 saturated carbocycles. The lowest BCUT2D eigenvalue weighted by Crippen LogP contribution is -2.50. The molecule has 102 valence electrons. The molecular formula is C16H21NO2. The number of β-amino-alcohol motifs (C(OH)–C–C–N with tert-alkyl or cyclic N) is 1.